The van der Waals surface area contributed by atoms with Crippen molar-refractivity contribution in [2.45, 2.75) is 76.1 Å². The number of benzene rings is 4. The average molecular weight is 667 g/mol. The van der Waals surface area contributed by atoms with Crippen molar-refractivity contribution >= 4 is 0 Å². The van der Waals surface area contributed by atoms with Crippen molar-refractivity contribution in [3.8, 4) is 23.0 Å². The normalized spacial score (nSPS) is 19.6. The molecule has 2 fully saturated rings. The number of hydrogen-bond acceptors (Lipinski definition) is 7. The van der Waals surface area contributed by atoms with Gasteiger partial charge >= 0.3 is 0 Å². The van der Waals surface area contributed by atoms with Crippen LogP contribution in [0.25, 0.3) is 0 Å². The van der Waals surface area contributed by atoms with Gasteiger partial charge in [-0.15, -0.1) is 0 Å². The Labute approximate surface area is 291 Å². The molecular weight excluding hydrogens is 616 g/mol. The van der Waals surface area contributed by atoms with Crippen molar-refractivity contribution in [3.63, 3.8) is 0 Å². The second kappa shape index (κ2) is 15.7. The summed E-state index contributed by atoms with van der Waals surface area (Å²) in [5.41, 5.74) is 4.63. The van der Waals surface area contributed by atoms with E-state index >= 15 is 0 Å². The van der Waals surface area contributed by atoms with Crippen LogP contribution in [-0.4, -0.2) is 63.1 Å². The largest absolute Gasteiger partial charge is 0.493 e. The van der Waals surface area contributed by atoms with E-state index in [2.05, 4.69) is 76.2 Å². The Morgan fingerprint density at radius 1 is 0.571 bits per heavy atom. The number of rotatable bonds is 19. The zero-order valence-electron chi connectivity index (χ0n) is 29.2. The quantitative estimate of drug-likeness (QED) is 0.102. The average Bonchev–Trinajstić information content (AvgIpc) is 4.09. The highest BCUT2D eigenvalue weighted by atomic mass is 16.6. The Morgan fingerprint density at radius 3 is 1.22 bits per heavy atom. The fourth-order valence-corrected chi connectivity index (χ4v) is 6.12. The molecule has 5 unspecified atom stereocenters. The first-order valence-corrected chi connectivity index (χ1v) is 17.6. The van der Waals surface area contributed by atoms with E-state index in [1.807, 2.05) is 48.5 Å². The summed E-state index contributed by atoms with van der Waals surface area (Å²) < 4.78 is 34.0. The molecule has 260 valence electrons. The van der Waals surface area contributed by atoms with E-state index in [-0.39, 0.29) is 29.6 Å². The van der Waals surface area contributed by atoms with E-state index in [0.29, 0.717) is 26.2 Å². The van der Waals surface area contributed by atoms with Gasteiger partial charge < -0.3 is 33.5 Å². The summed E-state index contributed by atoms with van der Waals surface area (Å²) in [4.78, 5) is 0. The predicted molar refractivity (Wildman–Crippen MR) is 191 cm³/mol. The molecule has 4 aromatic carbocycles. The van der Waals surface area contributed by atoms with Gasteiger partial charge in [-0.05, 0) is 83.6 Å². The van der Waals surface area contributed by atoms with Crippen LogP contribution in [0, 0.1) is 0 Å². The Kier molecular flexibility index (Phi) is 11.1. The lowest BCUT2D eigenvalue weighted by Gasteiger charge is -2.30. The van der Waals surface area contributed by atoms with Gasteiger partial charge in [0.15, 0.2) is 0 Å². The lowest BCUT2D eigenvalue weighted by atomic mass is 9.74. The number of epoxide rings is 2. The molecule has 2 aliphatic heterocycles. The van der Waals surface area contributed by atoms with Gasteiger partial charge in [0.1, 0.15) is 55.0 Å². The van der Waals surface area contributed by atoms with Crippen LogP contribution in [0.2, 0.25) is 0 Å². The summed E-state index contributed by atoms with van der Waals surface area (Å²) in [6, 6.07) is 33.3. The van der Waals surface area contributed by atoms with Gasteiger partial charge in [-0.2, -0.15) is 0 Å². The van der Waals surface area contributed by atoms with Gasteiger partial charge in [0.2, 0.25) is 0 Å². The first kappa shape index (κ1) is 34.8. The minimum absolute atomic E-state index is 0.135. The predicted octanol–water partition coefficient (Wildman–Crippen LogP) is 7.88. The standard InChI is InChI=1S/C42H50O7/c1-5-41(3,32-11-19-37(20-12-32)46-26-39-28-48-39)30-7-15-35(16-8-30)44-24-23-34(43)25-45-36-17-9-31(10-18-36)42(4,6-2)33-13-21-38(22-14-33)47-27-40-29-49-40/h7-22,34,39-40,43H,5-6,23-29H2,1-4H3. The maximum atomic E-state index is 10.6. The van der Waals surface area contributed by atoms with Gasteiger partial charge in [-0.25, -0.2) is 0 Å². The van der Waals surface area contributed by atoms with Crippen LogP contribution in [-0.2, 0) is 20.3 Å². The molecule has 4 aromatic rings. The third-order valence-corrected chi connectivity index (χ3v) is 10.2. The van der Waals surface area contributed by atoms with Crippen molar-refractivity contribution < 1.29 is 33.5 Å². The molecular formula is C42H50O7. The van der Waals surface area contributed by atoms with Crippen LogP contribution >= 0.6 is 0 Å². The highest BCUT2D eigenvalue weighted by molar-refractivity contribution is 5.44. The Hall–Kier alpha value is -4.04. The summed E-state index contributed by atoms with van der Waals surface area (Å²) in [5, 5.41) is 10.6. The number of aliphatic hydroxyl groups is 1. The number of aliphatic hydroxyl groups excluding tert-OH is 1. The number of ether oxygens (including phenoxy) is 6. The minimum atomic E-state index is -0.640. The van der Waals surface area contributed by atoms with E-state index in [1.165, 1.54) is 22.3 Å². The van der Waals surface area contributed by atoms with Gasteiger partial charge in [-0.3, -0.25) is 0 Å². The van der Waals surface area contributed by atoms with Crippen molar-refractivity contribution in [3.05, 3.63) is 119 Å². The topological polar surface area (TPSA) is 82.2 Å². The molecule has 7 heteroatoms. The maximum absolute atomic E-state index is 10.6. The van der Waals surface area contributed by atoms with Gasteiger partial charge in [0, 0.05) is 17.3 Å². The van der Waals surface area contributed by atoms with Crippen LogP contribution in [0.3, 0.4) is 0 Å². The third kappa shape index (κ3) is 8.96. The molecule has 6 rings (SSSR count). The lowest BCUT2D eigenvalue weighted by Crippen LogP contribution is -2.23. The molecule has 2 aliphatic rings. The molecule has 0 bridgehead atoms. The fourth-order valence-electron chi connectivity index (χ4n) is 6.12. The highest BCUT2D eigenvalue weighted by Gasteiger charge is 2.29. The van der Waals surface area contributed by atoms with Crippen molar-refractivity contribution in [1.82, 2.24) is 0 Å². The molecule has 0 amide bonds. The zero-order valence-corrected chi connectivity index (χ0v) is 29.2. The second-order valence-corrected chi connectivity index (χ2v) is 13.6. The molecule has 0 aliphatic carbocycles. The SMILES string of the molecule is CCC(C)(c1ccc(OCCC(O)COc2ccc(C(C)(CC)c3ccc(OCC4CO4)cc3)cc2)cc1)c1ccc(OCC2CO2)cc1. The van der Waals surface area contributed by atoms with Crippen LogP contribution in [0.4, 0.5) is 0 Å². The summed E-state index contributed by atoms with van der Waals surface area (Å²) in [5.74, 6) is 3.25. The van der Waals surface area contributed by atoms with E-state index in [1.54, 1.807) is 0 Å². The summed E-state index contributed by atoms with van der Waals surface area (Å²) in [6.07, 6.45) is 2.22. The minimum Gasteiger partial charge on any atom is -0.493 e. The molecule has 5 atom stereocenters. The van der Waals surface area contributed by atoms with E-state index in [4.69, 9.17) is 28.4 Å². The molecule has 0 saturated carbocycles. The fraction of sp³-hybridized carbons (Fsp3) is 0.429. The molecule has 2 heterocycles. The van der Waals surface area contributed by atoms with E-state index in [0.717, 1.165) is 49.1 Å². The van der Waals surface area contributed by atoms with Crippen molar-refractivity contribution in [2.24, 2.45) is 0 Å². The third-order valence-electron chi connectivity index (χ3n) is 10.2. The smallest absolute Gasteiger partial charge is 0.119 e. The van der Waals surface area contributed by atoms with Crippen LogP contribution in [0.15, 0.2) is 97.1 Å². The second-order valence-electron chi connectivity index (χ2n) is 13.6. The first-order chi connectivity index (χ1) is 23.8. The Morgan fingerprint density at radius 2 is 0.898 bits per heavy atom. The Balaban J connectivity index is 0.948. The zero-order chi connectivity index (χ0) is 34.3. The molecule has 1 N–H and O–H groups in total. The molecule has 2 saturated heterocycles. The number of hydrogen-bond donors (Lipinski definition) is 1. The molecule has 0 spiro atoms. The molecule has 0 radical (unpaired) electrons. The lowest BCUT2D eigenvalue weighted by molar-refractivity contribution is 0.0857. The van der Waals surface area contributed by atoms with Gasteiger partial charge in [0.05, 0.1) is 25.9 Å². The van der Waals surface area contributed by atoms with Gasteiger partial charge in [-0.1, -0.05) is 76.2 Å². The Bertz CT molecular complexity index is 1600. The van der Waals surface area contributed by atoms with Crippen molar-refractivity contribution in [2.75, 3.05) is 39.6 Å². The van der Waals surface area contributed by atoms with E-state index in [9.17, 15) is 5.11 Å². The maximum Gasteiger partial charge on any atom is 0.119 e. The van der Waals surface area contributed by atoms with Crippen molar-refractivity contribution in [1.29, 1.82) is 0 Å². The van der Waals surface area contributed by atoms with Crippen LogP contribution in [0.5, 0.6) is 23.0 Å². The van der Waals surface area contributed by atoms with Gasteiger partial charge in [0.25, 0.3) is 0 Å². The summed E-state index contributed by atoms with van der Waals surface area (Å²) >= 11 is 0. The van der Waals surface area contributed by atoms with Crippen LogP contribution < -0.4 is 18.9 Å². The highest BCUT2D eigenvalue weighted by Crippen LogP contribution is 2.38. The van der Waals surface area contributed by atoms with E-state index < -0.39 is 6.10 Å². The monoisotopic (exact) mass is 666 g/mol. The molecule has 0 aromatic heterocycles. The van der Waals surface area contributed by atoms with Crippen LogP contribution in [0.1, 0.15) is 69.2 Å². The molecule has 7 nitrogen and oxygen atoms in total. The molecule has 49 heavy (non-hydrogen) atoms. The summed E-state index contributed by atoms with van der Waals surface area (Å²) in [6.45, 7) is 12.3. The summed E-state index contributed by atoms with van der Waals surface area (Å²) in [7, 11) is 0. The first-order valence-electron chi connectivity index (χ1n) is 17.6.